The summed E-state index contributed by atoms with van der Waals surface area (Å²) in [6, 6.07) is 2.99. The fourth-order valence-corrected chi connectivity index (χ4v) is 2.19. The molecule has 2 rings (SSSR count). The molecule has 5 nitrogen and oxygen atoms in total. The molecule has 0 radical (unpaired) electrons. The predicted molar refractivity (Wildman–Crippen MR) is 80.8 cm³/mol. The van der Waals surface area contributed by atoms with Crippen LogP contribution in [0.3, 0.4) is 0 Å². The minimum atomic E-state index is -2.71. The maximum absolute atomic E-state index is 12.6. The highest BCUT2D eigenvalue weighted by Gasteiger charge is 2.15. The lowest BCUT2D eigenvalue weighted by Gasteiger charge is -2.18. The summed E-state index contributed by atoms with van der Waals surface area (Å²) in [6.45, 7) is 1.25. The molecule has 0 aliphatic heterocycles. The van der Waals surface area contributed by atoms with E-state index >= 15 is 0 Å². The molecule has 1 unspecified atom stereocenters. The van der Waals surface area contributed by atoms with Gasteiger partial charge in [-0.2, -0.15) is 13.9 Å². The van der Waals surface area contributed by atoms with Crippen LogP contribution in [-0.4, -0.2) is 26.1 Å². The Labute approximate surface area is 131 Å². The third kappa shape index (κ3) is 4.14. The summed E-state index contributed by atoms with van der Waals surface area (Å²) in [4.78, 5) is 3.95. The molecule has 2 aromatic rings. The van der Waals surface area contributed by atoms with E-state index in [0.717, 1.165) is 0 Å². The van der Waals surface area contributed by atoms with Crippen molar-refractivity contribution >= 4 is 17.3 Å². The summed E-state index contributed by atoms with van der Waals surface area (Å²) in [5, 5.41) is 17.0. The van der Waals surface area contributed by atoms with Crippen LogP contribution in [0.4, 0.5) is 14.5 Å². The van der Waals surface area contributed by atoms with E-state index in [-0.39, 0.29) is 5.15 Å². The van der Waals surface area contributed by atoms with Crippen molar-refractivity contribution in [1.82, 2.24) is 14.8 Å². The Morgan fingerprint density at radius 2 is 2.14 bits per heavy atom. The number of pyridine rings is 1. The SMILES string of the molecule is CC(C)CC(O)Nc1cc(Cl)ncc1-c1ccn(C(F)F)n1. The number of hydrogen-bond acceptors (Lipinski definition) is 4. The minimum Gasteiger partial charge on any atom is -0.374 e. The number of aliphatic hydroxyl groups is 1. The van der Waals surface area contributed by atoms with Crippen LogP contribution in [0.1, 0.15) is 26.8 Å². The van der Waals surface area contributed by atoms with Crippen LogP contribution in [0.2, 0.25) is 5.15 Å². The van der Waals surface area contributed by atoms with E-state index in [0.29, 0.717) is 34.0 Å². The average Bonchev–Trinajstić information content (AvgIpc) is 2.87. The Balaban J connectivity index is 2.30. The Hall–Kier alpha value is -1.73. The summed E-state index contributed by atoms with van der Waals surface area (Å²) in [7, 11) is 0. The molecule has 2 N–H and O–H groups in total. The second kappa shape index (κ2) is 7.02. The average molecular weight is 331 g/mol. The van der Waals surface area contributed by atoms with E-state index in [2.05, 4.69) is 15.4 Å². The van der Waals surface area contributed by atoms with Crippen molar-refractivity contribution in [2.45, 2.75) is 33.0 Å². The Morgan fingerprint density at radius 3 is 2.73 bits per heavy atom. The quantitative estimate of drug-likeness (QED) is 0.625. The Kier molecular flexibility index (Phi) is 5.31. The van der Waals surface area contributed by atoms with Gasteiger partial charge in [-0.25, -0.2) is 9.67 Å². The third-order valence-electron chi connectivity index (χ3n) is 2.97. The molecular weight excluding hydrogens is 314 g/mol. The van der Waals surface area contributed by atoms with E-state index in [9.17, 15) is 13.9 Å². The molecule has 0 aliphatic carbocycles. The molecule has 0 fully saturated rings. The van der Waals surface area contributed by atoms with E-state index in [1.54, 1.807) is 0 Å². The van der Waals surface area contributed by atoms with Gasteiger partial charge in [0.1, 0.15) is 11.4 Å². The maximum atomic E-state index is 12.6. The van der Waals surface area contributed by atoms with Gasteiger partial charge in [0, 0.05) is 18.0 Å². The molecule has 22 heavy (non-hydrogen) atoms. The molecule has 0 bridgehead atoms. The van der Waals surface area contributed by atoms with Crippen LogP contribution in [-0.2, 0) is 0 Å². The minimum absolute atomic E-state index is 0.233. The summed E-state index contributed by atoms with van der Waals surface area (Å²) < 4.78 is 25.8. The van der Waals surface area contributed by atoms with Crippen LogP contribution in [0.25, 0.3) is 11.3 Å². The van der Waals surface area contributed by atoms with Gasteiger partial charge in [0.2, 0.25) is 0 Å². The van der Waals surface area contributed by atoms with Crippen molar-refractivity contribution in [3.05, 3.63) is 29.7 Å². The molecule has 2 aromatic heterocycles. The van der Waals surface area contributed by atoms with Gasteiger partial charge in [0.15, 0.2) is 0 Å². The van der Waals surface area contributed by atoms with E-state index < -0.39 is 12.8 Å². The number of aliphatic hydroxyl groups excluding tert-OH is 1. The van der Waals surface area contributed by atoms with Crippen LogP contribution in [0, 0.1) is 5.92 Å². The van der Waals surface area contributed by atoms with Gasteiger partial charge < -0.3 is 10.4 Å². The molecule has 0 aromatic carbocycles. The summed E-state index contributed by atoms with van der Waals surface area (Å²) in [5.41, 5.74) is 1.31. The maximum Gasteiger partial charge on any atom is 0.333 e. The smallest absolute Gasteiger partial charge is 0.333 e. The first kappa shape index (κ1) is 16.6. The number of hydrogen-bond donors (Lipinski definition) is 2. The van der Waals surface area contributed by atoms with E-state index in [4.69, 9.17) is 11.6 Å². The van der Waals surface area contributed by atoms with Gasteiger partial charge in [0.25, 0.3) is 0 Å². The number of rotatable bonds is 6. The van der Waals surface area contributed by atoms with Crippen molar-refractivity contribution in [2.24, 2.45) is 5.92 Å². The number of nitrogens with one attached hydrogen (secondary N) is 1. The summed E-state index contributed by atoms with van der Waals surface area (Å²) in [5.74, 6) is 0.293. The topological polar surface area (TPSA) is 63.0 Å². The molecular formula is C14H17ClF2N4O. The first-order valence-electron chi connectivity index (χ1n) is 6.80. The first-order valence-corrected chi connectivity index (χ1v) is 7.18. The highest BCUT2D eigenvalue weighted by Crippen LogP contribution is 2.29. The van der Waals surface area contributed by atoms with Crippen molar-refractivity contribution < 1.29 is 13.9 Å². The highest BCUT2D eigenvalue weighted by atomic mass is 35.5. The lowest BCUT2D eigenvalue weighted by molar-refractivity contribution is 0.0568. The Morgan fingerprint density at radius 1 is 1.41 bits per heavy atom. The van der Waals surface area contributed by atoms with Crippen LogP contribution >= 0.6 is 11.6 Å². The lowest BCUT2D eigenvalue weighted by atomic mass is 10.1. The zero-order valence-electron chi connectivity index (χ0n) is 12.2. The summed E-state index contributed by atoms with van der Waals surface area (Å²) in [6.07, 6.45) is 2.37. The van der Waals surface area contributed by atoms with Crippen molar-refractivity contribution in [1.29, 1.82) is 0 Å². The molecule has 2 heterocycles. The Bertz CT molecular complexity index is 633. The fourth-order valence-electron chi connectivity index (χ4n) is 2.03. The molecule has 0 amide bonds. The second-order valence-corrected chi connectivity index (χ2v) is 5.69. The van der Waals surface area contributed by atoms with Gasteiger partial charge in [0.05, 0.1) is 11.4 Å². The number of alkyl halides is 2. The first-order chi connectivity index (χ1) is 10.4. The van der Waals surface area contributed by atoms with Crippen molar-refractivity contribution in [3.8, 4) is 11.3 Å². The second-order valence-electron chi connectivity index (χ2n) is 5.30. The monoisotopic (exact) mass is 330 g/mol. The van der Waals surface area contributed by atoms with E-state index in [1.807, 2.05) is 13.8 Å². The molecule has 8 heteroatoms. The number of halogens is 3. The highest BCUT2D eigenvalue weighted by molar-refractivity contribution is 6.29. The molecule has 0 spiro atoms. The van der Waals surface area contributed by atoms with E-state index in [1.165, 1.54) is 24.5 Å². The van der Waals surface area contributed by atoms with Gasteiger partial charge in [-0.05, 0) is 24.5 Å². The standard InChI is InChI=1S/C14H17ClF2N4O/c1-8(2)5-13(22)19-11-6-12(15)18-7-9(11)10-3-4-21(20-10)14(16)17/h3-4,6-8,13-14,22H,5H2,1-2H3,(H,18,19). The molecule has 0 saturated carbocycles. The fraction of sp³-hybridized carbons (Fsp3) is 0.429. The molecule has 120 valence electrons. The van der Waals surface area contributed by atoms with Crippen molar-refractivity contribution in [2.75, 3.05) is 5.32 Å². The number of aromatic nitrogens is 3. The normalized spacial score (nSPS) is 12.9. The third-order valence-corrected chi connectivity index (χ3v) is 3.18. The molecule has 1 atom stereocenters. The van der Waals surface area contributed by atoms with Crippen LogP contribution in [0.5, 0.6) is 0 Å². The van der Waals surface area contributed by atoms with Gasteiger partial charge in [-0.1, -0.05) is 25.4 Å². The molecule has 0 saturated heterocycles. The number of anilines is 1. The number of nitrogens with zero attached hydrogens (tertiary/aromatic N) is 3. The van der Waals surface area contributed by atoms with Gasteiger partial charge in [-0.3, -0.25) is 0 Å². The zero-order valence-corrected chi connectivity index (χ0v) is 12.9. The van der Waals surface area contributed by atoms with Gasteiger partial charge in [-0.15, -0.1) is 0 Å². The lowest BCUT2D eigenvalue weighted by Crippen LogP contribution is -2.21. The molecule has 0 aliphatic rings. The summed E-state index contributed by atoms with van der Waals surface area (Å²) >= 11 is 5.87. The predicted octanol–water partition coefficient (Wildman–Crippen LogP) is 3.77. The zero-order chi connectivity index (χ0) is 16.3. The van der Waals surface area contributed by atoms with Crippen LogP contribution in [0.15, 0.2) is 24.5 Å². The van der Waals surface area contributed by atoms with Crippen molar-refractivity contribution in [3.63, 3.8) is 0 Å². The van der Waals surface area contributed by atoms with Crippen LogP contribution < -0.4 is 5.32 Å². The largest absolute Gasteiger partial charge is 0.374 e. The van der Waals surface area contributed by atoms with Gasteiger partial charge >= 0.3 is 6.55 Å².